The number of benzene rings is 2. The first-order valence-electron chi connectivity index (χ1n) is 7.87. The quantitative estimate of drug-likeness (QED) is 0.464. The highest BCUT2D eigenvalue weighted by Crippen LogP contribution is 2.29. The smallest absolute Gasteiger partial charge is 0.196 e. The lowest BCUT2D eigenvalue weighted by atomic mass is 10.2. The molecule has 1 heterocycles. The Morgan fingerprint density at radius 3 is 2.60 bits per heavy atom. The first-order chi connectivity index (χ1) is 12.2. The van der Waals surface area contributed by atoms with E-state index in [2.05, 4.69) is 10.2 Å². The van der Waals surface area contributed by atoms with Crippen LogP contribution >= 0.6 is 11.8 Å². The molecule has 0 unspecified atom stereocenters. The zero-order valence-electron chi connectivity index (χ0n) is 13.7. The van der Waals surface area contributed by atoms with Crippen molar-refractivity contribution in [2.45, 2.75) is 12.1 Å². The fourth-order valence-corrected chi connectivity index (χ4v) is 3.15. The largest absolute Gasteiger partial charge is 0.381 e. The van der Waals surface area contributed by atoms with Crippen molar-refractivity contribution in [2.24, 2.45) is 0 Å². The molecule has 3 aromatic rings. The molecular formula is C18H17F2N3OS. The normalized spacial score (nSPS) is 11.0. The highest BCUT2D eigenvalue weighted by atomic mass is 32.2. The number of thioether (sulfide) groups is 1. The van der Waals surface area contributed by atoms with Gasteiger partial charge in [-0.2, -0.15) is 0 Å². The Kier molecular flexibility index (Phi) is 5.78. The summed E-state index contributed by atoms with van der Waals surface area (Å²) >= 11 is 1.41. The molecule has 0 N–H and O–H groups in total. The van der Waals surface area contributed by atoms with Gasteiger partial charge in [-0.1, -0.05) is 42.1 Å². The van der Waals surface area contributed by atoms with Crippen molar-refractivity contribution >= 4 is 11.8 Å². The molecule has 3 rings (SSSR count). The van der Waals surface area contributed by atoms with Gasteiger partial charge in [0, 0.05) is 24.0 Å². The van der Waals surface area contributed by atoms with E-state index in [1.807, 2.05) is 37.3 Å². The third-order valence-corrected chi connectivity index (χ3v) is 4.37. The van der Waals surface area contributed by atoms with Crippen LogP contribution in [0.3, 0.4) is 0 Å². The summed E-state index contributed by atoms with van der Waals surface area (Å²) in [5.74, 6) is -0.126. The molecule has 0 saturated carbocycles. The van der Waals surface area contributed by atoms with E-state index in [9.17, 15) is 8.78 Å². The molecule has 0 spiro atoms. The molecule has 0 amide bonds. The second-order valence-corrected chi connectivity index (χ2v) is 6.21. The molecule has 0 aliphatic heterocycles. The zero-order chi connectivity index (χ0) is 17.6. The fourth-order valence-electron chi connectivity index (χ4n) is 2.35. The van der Waals surface area contributed by atoms with Gasteiger partial charge in [0.25, 0.3) is 0 Å². The van der Waals surface area contributed by atoms with E-state index < -0.39 is 11.6 Å². The summed E-state index contributed by atoms with van der Waals surface area (Å²) in [5.41, 5.74) is 1.01. The molecule has 4 nitrogen and oxygen atoms in total. The molecule has 0 atom stereocenters. The van der Waals surface area contributed by atoms with Crippen LogP contribution in [0.5, 0.6) is 0 Å². The maximum atomic E-state index is 14.4. The number of hydrogen-bond donors (Lipinski definition) is 0. The van der Waals surface area contributed by atoms with E-state index in [4.69, 9.17) is 4.74 Å². The van der Waals surface area contributed by atoms with E-state index >= 15 is 0 Å². The lowest BCUT2D eigenvalue weighted by molar-refractivity contribution is 0.164. The fraction of sp³-hybridized carbons (Fsp3) is 0.222. The van der Waals surface area contributed by atoms with Crippen molar-refractivity contribution in [3.63, 3.8) is 0 Å². The van der Waals surface area contributed by atoms with Crippen molar-refractivity contribution in [2.75, 3.05) is 19.0 Å². The second-order valence-electron chi connectivity index (χ2n) is 5.15. The molecule has 1 aromatic heterocycles. The Balaban J connectivity index is 2.03. The van der Waals surface area contributed by atoms with Gasteiger partial charge in [0.1, 0.15) is 11.6 Å². The average molecular weight is 361 g/mol. The number of hydrogen-bond acceptors (Lipinski definition) is 4. The molecule has 7 heteroatoms. The summed E-state index contributed by atoms with van der Waals surface area (Å²) in [5, 5.41) is 8.94. The highest BCUT2D eigenvalue weighted by molar-refractivity contribution is 7.99. The maximum absolute atomic E-state index is 14.4. The molecule has 2 aromatic carbocycles. The number of rotatable bonds is 7. The van der Waals surface area contributed by atoms with Crippen LogP contribution in [-0.4, -0.2) is 33.7 Å². The highest BCUT2D eigenvalue weighted by Gasteiger charge is 2.18. The minimum Gasteiger partial charge on any atom is -0.381 e. The van der Waals surface area contributed by atoms with Gasteiger partial charge >= 0.3 is 0 Å². The van der Waals surface area contributed by atoms with Crippen molar-refractivity contribution in [1.29, 1.82) is 0 Å². The third-order valence-electron chi connectivity index (χ3n) is 3.48. The molecular weight excluding hydrogens is 344 g/mol. The van der Waals surface area contributed by atoms with Gasteiger partial charge in [-0.15, -0.1) is 10.2 Å². The van der Waals surface area contributed by atoms with Gasteiger partial charge in [-0.05, 0) is 19.1 Å². The number of ether oxygens (including phenoxy) is 1. The zero-order valence-corrected chi connectivity index (χ0v) is 14.5. The van der Waals surface area contributed by atoms with Crippen LogP contribution in [0.2, 0.25) is 0 Å². The predicted molar refractivity (Wildman–Crippen MR) is 93.9 cm³/mol. The van der Waals surface area contributed by atoms with Gasteiger partial charge in [0.15, 0.2) is 11.0 Å². The van der Waals surface area contributed by atoms with Crippen molar-refractivity contribution < 1.29 is 13.5 Å². The number of halogens is 2. The van der Waals surface area contributed by atoms with Crippen molar-refractivity contribution in [1.82, 2.24) is 14.8 Å². The van der Waals surface area contributed by atoms with Crippen molar-refractivity contribution in [3.8, 4) is 17.1 Å². The third kappa shape index (κ3) is 4.05. The first kappa shape index (κ1) is 17.6. The van der Waals surface area contributed by atoms with E-state index in [1.54, 1.807) is 4.57 Å². The standard InChI is InChI=1S/C18H17F2N3OS/c1-2-24-10-11-25-18-22-21-17(13-6-4-3-5-7-13)23(18)16-9-8-14(19)12-15(16)20/h3-9,12H,2,10-11H2,1H3. The topological polar surface area (TPSA) is 39.9 Å². The Morgan fingerprint density at radius 1 is 1.08 bits per heavy atom. The van der Waals surface area contributed by atoms with Crippen LogP contribution < -0.4 is 0 Å². The second kappa shape index (κ2) is 8.22. The Labute approximate surface area is 148 Å². The molecule has 25 heavy (non-hydrogen) atoms. The SMILES string of the molecule is CCOCCSc1nnc(-c2ccccc2)n1-c1ccc(F)cc1F. The summed E-state index contributed by atoms with van der Waals surface area (Å²) in [6, 6.07) is 12.9. The molecule has 0 bridgehead atoms. The van der Waals surface area contributed by atoms with Crippen LogP contribution in [0.15, 0.2) is 53.7 Å². The lowest BCUT2D eigenvalue weighted by Gasteiger charge is -2.11. The molecule has 0 saturated heterocycles. The first-order valence-corrected chi connectivity index (χ1v) is 8.86. The van der Waals surface area contributed by atoms with E-state index in [1.165, 1.54) is 23.9 Å². The molecule has 0 aliphatic rings. The maximum Gasteiger partial charge on any atom is 0.196 e. The molecule has 130 valence electrons. The van der Waals surface area contributed by atoms with Gasteiger partial charge in [0.05, 0.1) is 12.3 Å². The summed E-state index contributed by atoms with van der Waals surface area (Å²) in [6.07, 6.45) is 0. The summed E-state index contributed by atoms with van der Waals surface area (Å²) in [6.45, 7) is 3.12. The minimum atomic E-state index is -0.663. The van der Waals surface area contributed by atoms with Crippen LogP contribution in [-0.2, 0) is 4.74 Å². The van der Waals surface area contributed by atoms with E-state index in [-0.39, 0.29) is 5.69 Å². The average Bonchev–Trinajstić information content (AvgIpc) is 3.03. The summed E-state index contributed by atoms with van der Waals surface area (Å²) in [4.78, 5) is 0. The van der Waals surface area contributed by atoms with Crippen LogP contribution in [0.1, 0.15) is 6.92 Å². The number of aromatic nitrogens is 3. The van der Waals surface area contributed by atoms with Crippen LogP contribution in [0.4, 0.5) is 8.78 Å². The Hall–Kier alpha value is -2.25. The Bertz CT molecular complexity index is 840. The van der Waals surface area contributed by atoms with Gasteiger partial charge < -0.3 is 4.74 Å². The van der Waals surface area contributed by atoms with Gasteiger partial charge in [-0.3, -0.25) is 4.57 Å². The predicted octanol–water partition coefficient (Wildman–Crippen LogP) is 4.34. The van der Waals surface area contributed by atoms with Crippen LogP contribution in [0, 0.1) is 11.6 Å². The molecule has 0 aliphatic carbocycles. The Morgan fingerprint density at radius 2 is 1.88 bits per heavy atom. The van der Waals surface area contributed by atoms with Gasteiger partial charge in [0.2, 0.25) is 0 Å². The van der Waals surface area contributed by atoms with E-state index in [0.717, 1.165) is 11.6 Å². The van der Waals surface area contributed by atoms with E-state index in [0.29, 0.717) is 29.9 Å². The molecule has 0 radical (unpaired) electrons. The summed E-state index contributed by atoms with van der Waals surface area (Å²) in [7, 11) is 0. The summed E-state index contributed by atoms with van der Waals surface area (Å²) < 4.78 is 34.6. The molecule has 0 fully saturated rings. The van der Waals surface area contributed by atoms with Gasteiger partial charge in [-0.25, -0.2) is 8.78 Å². The number of nitrogens with zero attached hydrogens (tertiary/aromatic N) is 3. The van der Waals surface area contributed by atoms with Crippen molar-refractivity contribution in [3.05, 3.63) is 60.2 Å². The minimum absolute atomic E-state index is 0.212. The van der Waals surface area contributed by atoms with Crippen LogP contribution in [0.25, 0.3) is 17.1 Å². The monoisotopic (exact) mass is 361 g/mol. The lowest BCUT2D eigenvalue weighted by Crippen LogP contribution is -2.04.